The molecule has 2 aromatic carbocycles. The molecular formula is C16H19FN2OS. The van der Waals surface area contributed by atoms with E-state index in [0.29, 0.717) is 6.61 Å². The van der Waals surface area contributed by atoms with Gasteiger partial charge >= 0.3 is 0 Å². The summed E-state index contributed by atoms with van der Waals surface area (Å²) >= 11 is 1.63. The van der Waals surface area contributed by atoms with Crippen molar-refractivity contribution in [2.24, 2.45) is 5.84 Å². The lowest BCUT2D eigenvalue weighted by Crippen LogP contribution is -2.29. The molecule has 21 heavy (non-hydrogen) atoms. The Morgan fingerprint density at radius 1 is 1.14 bits per heavy atom. The van der Waals surface area contributed by atoms with Gasteiger partial charge in [-0.1, -0.05) is 12.1 Å². The minimum Gasteiger partial charge on any atom is -0.494 e. The van der Waals surface area contributed by atoms with E-state index in [9.17, 15) is 4.39 Å². The highest BCUT2D eigenvalue weighted by Crippen LogP contribution is 2.25. The number of thioether (sulfide) groups is 1. The summed E-state index contributed by atoms with van der Waals surface area (Å²) in [5.41, 5.74) is 3.91. The molecule has 112 valence electrons. The van der Waals surface area contributed by atoms with E-state index in [1.54, 1.807) is 23.9 Å². The molecule has 0 aliphatic carbocycles. The zero-order valence-corrected chi connectivity index (χ0v) is 12.7. The van der Waals surface area contributed by atoms with E-state index >= 15 is 0 Å². The lowest BCUT2D eigenvalue weighted by molar-refractivity contribution is 0.340. The molecule has 0 radical (unpaired) electrons. The van der Waals surface area contributed by atoms with Crippen LogP contribution < -0.4 is 16.0 Å². The zero-order chi connectivity index (χ0) is 15.1. The van der Waals surface area contributed by atoms with Crippen LogP contribution in [0.4, 0.5) is 4.39 Å². The van der Waals surface area contributed by atoms with Crippen LogP contribution >= 0.6 is 11.8 Å². The summed E-state index contributed by atoms with van der Waals surface area (Å²) in [5, 5.41) is 0. The maximum absolute atomic E-state index is 12.9. The minimum atomic E-state index is -0.223. The van der Waals surface area contributed by atoms with E-state index in [2.05, 4.69) is 5.43 Å². The lowest BCUT2D eigenvalue weighted by atomic mass is 10.1. The minimum absolute atomic E-state index is 0.0238. The number of halogens is 1. The van der Waals surface area contributed by atoms with Crippen molar-refractivity contribution >= 4 is 11.8 Å². The second kappa shape index (κ2) is 8.02. The van der Waals surface area contributed by atoms with Crippen LogP contribution in [0.3, 0.4) is 0 Å². The first-order valence-corrected chi connectivity index (χ1v) is 7.78. The number of hydrogen-bond donors (Lipinski definition) is 2. The Labute approximate surface area is 128 Å². The van der Waals surface area contributed by atoms with Crippen molar-refractivity contribution in [2.45, 2.75) is 17.9 Å². The van der Waals surface area contributed by atoms with E-state index in [4.69, 9.17) is 10.6 Å². The van der Waals surface area contributed by atoms with Crippen LogP contribution in [-0.2, 0) is 0 Å². The van der Waals surface area contributed by atoms with Gasteiger partial charge in [0.15, 0.2) is 0 Å². The SMILES string of the molecule is CCOc1ccc(C(CSc2ccc(F)cc2)NN)cc1. The average Bonchev–Trinajstić information content (AvgIpc) is 2.51. The molecule has 0 saturated carbocycles. The molecule has 2 rings (SSSR count). The van der Waals surface area contributed by atoms with E-state index < -0.39 is 0 Å². The predicted octanol–water partition coefficient (Wildman–Crippen LogP) is 3.52. The van der Waals surface area contributed by atoms with Crippen molar-refractivity contribution in [3.8, 4) is 5.75 Å². The summed E-state index contributed by atoms with van der Waals surface area (Å²) < 4.78 is 18.3. The van der Waals surface area contributed by atoms with Gasteiger partial charge in [-0.15, -0.1) is 11.8 Å². The molecule has 0 aliphatic heterocycles. The third-order valence-electron chi connectivity index (χ3n) is 3.02. The third kappa shape index (κ3) is 4.74. The van der Waals surface area contributed by atoms with E-state index in [1.807, 2.05) is 31.2 Å². The maximum atomic E-state index is 12.9. The molecule has 2 aromatic rings. The lowest BCUT2D eigenvalue weighted by Gasteiger charge is -2.16. The molecule has 0 amide bonds. The van der Waals surface area contributed by atoms with Crippen molar-refractivity contribution in [3.63, 3.8) is 0 Å². The Morgan fingerprint density at radius 3 is 2.38 bits per heavy atom. The number of nitrogens with one attached hydrogen (secondary N) is 1. The molecule has 0 heterocycles. The molecule has 0 saturated heterocycles. The maximum Gasteiger partial charge on any atom is 0.123 e. The van der Waals surface area contributed by atoms with E-state index in [0.717, 1.165) is 22.0 Å². The smallest absolute Gasteiger partial charge is 0.123 e. The fourth-order valence-corrected chi connectivity index (χ4v) is 2.89. The Kier molecular flexibility index (Phi) is 6.04. The molecule has 3 N–H and O–H groups in total. The Balaban J connectivity index is 1.97. The number of hydrazine groups is 1. The molecule has 0 aliphatic rings. The Hall–Kier alpha value is -1.56. The van der Waals surface area contributed by atoms with Crippen LogP contribution in [0.1, 0.15) is 18.5 Å². The summed E-state index contributed by atoms with van der Waals surface area (Å²) in [6, 6.07) is 14.4. The zero-order valence-electron chi connectivity index (χ0n) is 11.9. The molecule has 0 aromatic heterocycles. The van der Waals surface area contributed by atoms with Crippen LogP contribution in [0.25, 0.3) is 0 Å². The molecule has 1 atom stereocenters. The van der Waals surface area contributed by atoms with Crippen LogP contribution in [0.15, 0.2) is 53.4 Å². The standard InChI is InChI=1S/C16H19FN2OS/c1-2-20-14-7-3-12(4-8-14)16(19-18)11-21-15-9-5-13(17)6-10-15/h3-10,16,19H,2,11,18H2,1H3. The number of benzene rings is 2. The largest absolute Gasteiger partial charge is 0.494 e. The summed E-state index contributed by atoms with van der Waals surface area (Å²) in [5.74, 6) is 7.02. The van der Waals surface area contributed by atoms with Crippen LogP contribution in [0, 0.1) is 5.82 Å². The first-order valence-electron chi connectivity index (χ1n) is 6.80. The van der Waals surface area contributed by atoms with Crippen molar-refractivity contribution in [1.29, 1.82) is 0 Å². The Bertz CT molecular complexity index is 545. The summed E-state index contributed by atoms with van der Waals surface area (Å²) in [4.78, 5) is 1.02. The highest BCUT2D eigenvalue weighted by molar-refractivity contribution is 7.99. The van der Waals surface area contributed by atoms with Crippen molar-refractivity contribution in [3.05, 3.63) is 59.9 Å². The van der Waals surface area contributed by atoms with Gasteiger partial charge in [-0.05, 0) is 48.9 Å². The number of hydrogen-bond acceptors (Lipinski definition) is 4. The van der Waals surface area contributed by atoms with Gasteiger partial charge in [0.25, 0.3) is 0 Å². The van der Waals surface area contributed by atoms with Gasteiger partial charge in [-0.2, -0.15) is 0 Å². The van der Waals surface area contributed by atoms with Crippen LogP contribution in [-0.4, -0.2) is 12.4 Å². The van der Waals surface area contributed by atoms with Gasteiger partial charge in [0.2, 0.25) is 0 Å². The number of nitrogens with two attached hydrogens (primary N) is 1. The van der Waals surface area contributed by atoms with Crippen molar-refractivity contribution in [1.82, 2.24) is 5.43 Å². The fraction of sp³-hybridized carbons (Fsp3) is 0.250. The summed E-state index contributed by atoms with van der Waals surface area (Å²) in [6.45, 7) is 2.61. The average molecular weight is 306 g/mol. The first kappa shape index (κ1) is 15.8. The highest BCUT2D eigenvalue weighted by atomic mass is 32.2. The fourth-order valence-electron chi connectivity index (χ4n) is 1.91. The first-order chi connectivity index (χ1) is 10.2. The van der Waals surface area contributed by atoms with Crippen molar-refractivity contribution < 1.29 is 9.13 Å². The van der Waals surface area contributed by atoms with Gasteiger partial charge < -0.3 is 4.74 Å². The van der Waals surface area contributed by atoms with Gasteiger partial charge in [0.05, 0.1) is 12.6 Å². The van der Waals surface area contributed by atoms with Gasteiger partial charge in [-0.25, -0.2) is 4.39 Å². The highest BCUT2D eigenvalue weighted by Gasteiger charge is 2.10. The number of ether oxygens (including phenoxy) is 1. The summed E-state index contributed by atoms with van der Waals surface area (Å²) in [6.07, 6.45) is 0. The third-order valence-corrected chi connectivity index (χ3v) is 4.13. The second-order valence-electron chi connectivity index (χ2n) is 4.49. The monoisotopic (exact) mass is 306 g/mol. The molecule has 0 bridgehead atoms. The van der Waals surface area contributed by atoms with E-state index in [1.165, 1.54) is 12.1 Å². The quantitative estimate of drug-likeness (QED) is 0.467. The van der Waals surface area contributed by atoms with Crippen LogP contribution in [0.2, 0.25) is 0 Å². The molecule has 0 fully saturated rings. The van der Waals surface area contributed by atoms with Crippen LogP contribution in [0.5, 0.6) is 5.75 Å². The topological polar surface area (TPSA) is 47.3 Å². The van der Waals surface area contributed by atoms with Gasteiger partial charge in [0.1, 0.15) is 11.6 Å². The molecule has 3 nitrogen and oxygen atoms in total. The molecular weight excluding hydrogens is 287 g/mol. The normalized spacial score (nSPS) is 12.1. The Morgan fingerprint density at radius 2 is 1.81 bits per heavy atom. The second-order valence-corrected chi connectivity index (χ2v) is 5.58. The molecule has 0 spiro atoms. The van der Waals surface area contributed by atoms with Gasteiger partial charge in [0, 0.05) is 10.6 Å². The summed E-state index contributed by atoms with van der Waals surface area (Å²) in [7, 11) is 0. The van der Waals surface area contributed by atoms with Gasteiger partial charge in [-0.3, -0.25) is 11.3 Å². The van der Waals surface area contributed by atoms with E-state index in [-0.39, 0.29) is 11.9 Å². The number of rotatable bonds is 7. The molecule has 5 heteroatoms. The molecule has 1 unspecified atom stereocenters. The predicted molar refractivity (Wildman–Crippen MR) is 84.8 cm³/mol. The van der Waals surface area contributed by atoms with Crippen molar-refractivity contribution in [2.75, 3.05) is 12.4 Å².